The molecule has 0 amide bonds. The van der Waals surface area contributed by atoms with Gasteiger partial charge in [0.15, 0.2) is 0 Å². The molecule has 2 fully saturated rings. The Morgan fingerprint density at radius 2 is 2.35 bits per heavy atom. The van der Waals surface area contributed by atoms with Crippen LogP contribution in [0, 0.1) is 5.41 Å². The van der Waals surface area contributed by atoms with Crippen molar-refractivity contribution >= 4 is 0 Å². The van der Waals surface area contributed by atoms with Crippen molar-refractivity contribution in [2.45, 2.75) is 64.1 Å². The third-order valence-corrected chi connectivity index (χ3v) is 5.85. The number of nitrogens with zero attached hydrogens (tertiary/aromatic N) is 1. The van der Waals surface area contributed by atoms with Crippen LogP contribution in [0.3, 0.4) is 0 Å². The fraction of sp³-hybridized carbons (Fsp3) is 0.684. The van der Waals surface area contributed by atoms with Gasteiger partial charge in [0.05, 0.1) is 30.4 Å². The molecule has 1 aliphatic carbocycles. The van der Waals surface area contributed by atoms with Crippen LogP contribution in [-0.4, -0.2) is 35.4 Å². The number of aliphatic hydroxyl groups is 1. The van der Waals surface area contributed by atoms with Crippen molar-refractivity contribution in [1.29, 1.82) is 0 Å². The Labute approximate surface area is 138 Å². The molecule has 3 atom stereocenters. The van der Waals surface area contributed by atoms with Gasteiger partial charge in [-0.15, -0.1) is 0 Å². The molecule has 4 heteroatoms. The molecule has 4 aliphatic rings. The maximum Gasteiger partial charge on any atom is 0.127 e. The minimum Gasteiger partial charge on any atom is -0.489 e. The van der Waals surface area contributed by atoms with Gasteiger partial charge in [-0.2, -0.15) is 0 Å². The topological polar surface area (TPSA) is 41.9 Å². The second-order valence-corrected chi connectivity index (χ2v) is 7.21. The van der Waals surface area contributed by atoms with Gasteiger partial charge >= 0.3 is 0 Å². The van der Waals surface area contributed by atoms with Gasteiger partial charge in [0, 0.05) is 18.8 Å². The molecular weight excluding hydrogens is 290 g/mol. The van der Waals surface area contributed by atoms with Crippen LogP contribution in [0.1, 0.15) is 51.9 Å². The van der Waals surface area contributed by atoms with Crippen LogP contribution in [0.15, 0.2) is 35.5 Å². The summed E-state index contributed by atoms with van der Waals surface area (Å²) in [5, 5.41) is 9.01. The van der Waals surface area contributed by atoms with E-state index in [9.17, 15) is 0 Å². The molecule has 0 aromatic rings. The third-order valence-electron chi connectivity index (χ3n) is 5.85. The lowest BCUT2D eigenvalue weighted by atomic mass is 9.65. The van der Waals surface area contributed by atoms with Crippen LogP contribution in [0.25, 0.3) is 0 Å². The Kier molecular flexibility index (Phi) is 3.98. The first-order valence-corrected chi connectivity index (χ1v) is 9.03. The summed E-state index contributed by atoms with van der Waals surface area (Å²) in [6.45, 7) is 2.53. The lowest BCUT2D eigenvalue weighted by molar-refractivity contribution is -0.0361. The highest BCUT2D eigenvalue weighted by molar-refractivity contribution is 5.40. The number of hydrogen-bond acceptors (Lipinski definition) is 4. The van der Waals surface area contributed by atoms with Gasteiger partial charge in [0.2, 0.25) is 0 Å². The predicted octanol–water partition coefficient (Wildman–Crippen LogP) is 3.45. The Morgan fingerprint density at radius 3 is 3.22 bits per heavy atom. The maximum atomic E-state index is 9.01. The van der Waals surface area contributed by atoms with E-state index in [4.69, 9.17) is 14.6 Å². The van der Waals surface area contributed by atoms with Crippen molar-refractivity contribution in [1.82, 2.24) is 4.90 Å². The van der Waals surface area contributed by atoms with E-state index >= 15 is 0 Å². The van der Waals surface area contributed by atoms with Gasteiger partial charge < -0.3 is 19.5 Å². The SMILES string of the molecule is CC(OCCO)C1CC23CCCCC2=CN2C=CCCC2=C3O1. The lowest BCUT2D eigenvalue weighted by Crippen LogP contribution is -2.35. The second kappa shape index (κ2) is 5.99. The Balaban J connectivity index is 1.67. The van der Waals surface area contributed by atoms with Gasteiger partial charge in [-0.3, -0.25) is 0 Å². The van der Waals surface area contributed by atoms with Crippen molar-refractivity contribution in [2.24, 2.45) is 5.41 Å². The minimum atomic E-state index is 0.0194. The highest BCUT2D eigenvalue weighted by Crippen LogP contribution is 2.59. The zero-order valence-electron chi connectivity index (χ0n) is 14.0. The smallest absolute Gasteiger partial charge is 0.127 e. The molecule has 4 rings (SSSR count). The molecule has 126 valence electrons. The summed E-state index contributed by atoms with van der Waals surface area (Å²) in [6.07, 6.45) is 15.1. The van der Waals surface area contributed by atoms with E-state index in [0.717, 1.165) is 19.3 Å². The average Bonchev–Trinajstić information content (AvgIpc) is 2.97. The number of rotatable bonds is 4. The molecule has 0 aromatic carbocycles. The molecule has 1 spiro atoms. The van der Waals surface area contributed by atoms with E-state index in [2.05, 4.69) is 30.3 Å². The summed E-state index contributed by atoms with van der Waals surface area (Å²) >= 11 is 0. The van der Waals surface area contributed by atoms with E-state index in [1.807, 2.05) is 0 Å². The van der Waals surface area contributed by atoms with Crippen LogP contribution in [-0.2, 0) is 9.47 Å². The van der Waals surface area contributed by atoms with Crippen LogP contribution >= 0.6 is 0 Å². The Bertz CT molecular complexity index is 565. The number of hydrogen-bond donors (Lipinski definition) is 1. The van der Waals surface area contributed by atoms with Gasteiger partial charge in [0.25, 0.3) is 0 Å². The predicted molar refractivity (Wildman–Crippen MR) is 88.2 cm³/mol. The largest absolute Gasteiger partial charge is 0.489 e. The van der Waals surface area contributed by atoms with Crippen molar-refractivity contribution in [2.75, 3.05) is 13.2 Å². The number of ether oxygens (including phenoxy) is 2. The highest BCUT2D eigenvalue weighted by atomic mass is 16.6. The fourth-order valence-electron chi connectivity index (χ4n) is 4.66. The number of allylic oxidation sites excluding steroid dienone is 3. The molecule has 4 nitrogen and oxygen atoms in total. The Morgan fingerprint density at radius 1 is 1.43 bits per heavy atom. The van der Waals surface area contributed by atoms with Crippen LogP contribution in [0.4, 0.5) is 0 Å². The number of fused-ring (bicyclic) bond motifs is 1. The van der Waals surface area contributed by atoms with Gasteiger partial charge in [-0.25, -0.2) is 0 Å². The second-order valence-electron chi connectivity index (χ2n) is 7.21. The lowest BCUT2D eigenvalue weighted by Gasteiger charge is -2.43. The van der Waals surface area contributed by atoms with Gasteiger partial charge in [-0.1, -0.05) is 12.5 Å². The molecule has 3 aliphatic heterocycles. The van der Waals surface area contributed by atoms with E-state index < -0.39 is 0 Å². The monoisotopic (exact) mass is 317 g/mol. The molecule has 1 saturated heterocycles. The van der Waals surface area contributed by atoms with Gasteiger partial charge in [-0.05, 0) is 44.6 Å². The molecule has 3 heterocycles. The summed E-state index contributed by atoms with van der Waals surface area (Å²) in [5.74, 6) is 1.23. The Hall–Kier alpha value is -1.26. The first-order valence-electron chi connectivity index (χ1n) is 9.03. The first kappa shape index (κ1) is 15.3. The summed E-state index contributed by atoms with van der Waals surface area (Å²) in [7, 11) is 0. The summed E-state index contributed by atoms with van der Waals surface area (Å²) in [5.41, 5.74) is 3.03. The first-order chi connectivity index (χ1) is 11.2. The zero-order chi connectivity index (χ0) is 15.9. The molecule has 1 N–H and O–H groups in total. The maximum absolute atomic E-state index is 9.01. The molecule has 1 saturated carbocycles. The van der Waals surface area contributed by atoms with E-state index in [-0.39, 0.29) is 24.2 Å². The minimum absolute atomic E-state index is 0.0194. The van der Waals surface area contributed by atoms with Crippen molar-refractivity contribution in [3.63, 3.8) is 0 Å². The normalized spacial score (nSPS) is 33.6. The number of aliphatic hydroxyl groups excluding tert-OH is 1. The van der Waals surface area contributed by atoms with Crippen molar-refractivity contribution in [3.8, 4) is 0 Å². The van der Waals surface area contributed by atoms with Crippen molar-refractivity contribution in [3.05, 3.63) is 35.5 Å². The summed E-state index contributed by atoms with van der Waals surface area (Å²) in [6, 6.07) is 0. The quantitative estimate of drug-likeness (QED) is 0.862. The summed E-state index contributed by atoms with van der Waals surface area (Å²) < 4.78 is 12.3. The van der Waals surface area contributed by atoms with E-state index in [1.165, 1.54) is 37.1 Å². The van der Waals surface area contributed by atoms with Crippen LogP contribution in [0.5, 0.6) is 0 Å². The third kappa shape index (κ3) is 2.43. The molecular formula is C19H27NO3. The van der Waals surface area contributed by atoms with Crippen LogP contribution < -0.4 is 0 Å². The molecule has 0 aromatic heterocycles. The van der Waals surface area contributed by atoms with E-state index in [1.54, 1.807) is 5.57 Å². The zero-order valence-corrected chi connectivity index (χ0v) is 14.0. The standard InChI is InChI=1S/C19H27NO3/c1-14(22-11-10-21)17-12-19-8-4-2-6-15(19)13-20-9-5-3-7-16(20)18(19)23-17/h5,9,13-14,17,21H,2-4,6-8,10-12H2,1H3. The summed E-state index contributed by atoms with van der Waals surface area (Å²) in [4.78, 5) is 2.29. The van der Waals surface area contributed by atoms with Crippen molar-refractivity contribution < 1.29 is 14.6 Å². The molecule has 23 heavy (non-hydrogen) atoms. The van der Waals surface area contributed by atoms with Crippen LogP contribution in [0.2, 0.25) is 0 Å². The highest BCUT2D eigenvalue weighted by Gasteiger charge is 2.53. The molecule has 0 radical (unpaired) electrons. The fourth-order valence-corrected chi connectivity index (χ4v) is 4.66. The van der Waals surface area contributed by atoms with Gasteiger partial charge in [0.1, 0.15) is 11.9 Å². The van der Waals surface area contributed by atoms with E-state index in [0.29, 0.717) is 6.61 Å². The molecule has 3 unspecified atom stereocenters. The average molecular weight is 317 g/mol. The molecule has 0 bridgehead atoms.